The number of carbonyl (C=O) groups excluding carboxylic acids is 2. The van der Waals surface area contributed by atoms with E-state index in [0.717, 1.165) is 79.5 Å². The van der Waals surface area contributed by atoms with E-state index < -0.39 is 0 Å². The van der Waals surface area contributed by atoms with E-state index in [4.69, 9.17) is 35.8 Å². The number of Topliss-reactive ketones (excluding diaryl/α,β-unsaturated/α-hetero) is 1. The molecule has 0 aliphatic carbocycles. The van der Waals surface area contributed by atoms with Gasteiger partial charge in [0.15, 0.2) is 5.78 Å². The number of ether oxygens (including phenoxy) is 3. The number of halogens is 1. The maximum atomic E-state index is 12.2. The Hall–Kier alpha value is -3.31. The van der Waals surface area contributed by atoms with Crippen molar-refractivity contribution in [1.82, 2.24) is 19.4 Å². The molecular formula is C31H33ClN4O5S. The van der Waals surface area contributed by atoms with Crippen LogP contribution in [0, 0.1) is 0 Å². The minimum Gasteiger partial charge on any atom is -0.472 e. The number of thiophene rings is 1. The van der Waals surface area contributed by atoms with Crippen molar-refractivity contribution >= 4 is 45.7 Å². The highest BCUT2D eigenvalue weighted by molar-refractivity contribution is 7.14. The van der Waals surface area contributed by atoms with Crippen molar-refractivity contribution < 1.29 is 23.8 Å². The van der Waals surface area contributed by atoms with E-state index in [1.54, 1.807) is 12.1 Å². The minimum absolute atomic E-state index is 0.00283. The van der Waals surface area contributed by atoms with Crippen molar-refractivity contribution in [2.24, 2.45) is 0 Å². The van der Waals surface area contributed by atoms with Gasteiger partial charge in [0.1, 0.15) is 12.4 Å². The normalized spacial score (nSPS) is 17.7. The van der Waals surface area contributed by atoms with Crippen molar-refractivity contribution in [1.29, 1.82) is 0 Å². The van der Waals surface area contributed by atoms with Gasteiger partial charge in [-0.05, 0) is 69.6 Å². The van der Waals surface area contributed by atoms with Crippen molar-refractivity contribution in [3.63, 3.8) is 0 Å². The van der Waals surface area contributed by atoms with Crippen molar-refractivity contribution in [3.8, 4) is 5.88 Å². The van der Waals surface area contributed by atoms with Gasteiger partial charge in [-0.2, -0.15) is 0 Å². The molecule has 1 atom stereocenters. The van der Waals surface area contributed by atoms with Gasteiger partial charge in [0.25, 0.3) is 0 Å². The van der Waals surface area contributed by atoms with Crippen LogP contribution in [-0.2, 0) is 29.2 Å². The van der Waals surface area contributed by atoms with E-state index in [1.165, 1.54) is 25.4 Å². The first-order chi connectivity index (χ1) is 20.4. The fourth-order valence-corrected chi connectivity index (χ4v) is 6.72. The Balaban J connectivity index is 1.10. The average Bonchev–Trinajstić information content (AvgIpc) is 3.52. The fraction of sp³-hybridized carbons (Fsp3) is 0.419. The number of rotatable bonds is 10. The number of carbonyl (C=O) groups is 2. The number of esters is 1. The number of nitrogens with zero attached hydrogens (tertiary/aromatic N) is 4. The van der Waals surface area contributed by atoms with Crippen LogP contribution in [0.4, 0.5) is 0 Å². The van der Waals surface area contributed by atoms with Gasteiger partial charge in [-0.25, -0.2) is 14.8 Å². The molecule has 6 rings (SSSR count). The van der Waals surface area contributed by atoms with E-state index in [-0.39, 0.29) is 24.5 Å². The summed E-state index contributed by atoms with van der Waals surface area (Å²) in [6, 6.07) is 13.1. The standard InChI is InChI=1S/C31H33ClN4O5S/c1-19(37)27-15-23(32)28(42-27)18-41-30-5-3-4-24(34-30)20-8-11-35(12-9-20)17-29-33-25-7-6-21(31(38)39-2)14-26(25)36(29)16-22-10-13-40-22/h3-7,14-15,20,22H,8-13,16-18H2,1-2H3/t22-/m0/s1. The predicted molar refractivity (Wildman–Crippen MR) is 161 cm³/mol. The Morgan fingerprint density at radius 2 is 1.93 bits per heavy atom. The second-order valence-electron chi connectivity index (χ2n) is 10.8. The molecule has 2 saturated heterocycles. The number of piperidine rings is 1. The number of fused-ring (bicyclic) bond motifs is 1. The van der Waals surface area contributed by atoms with E-state index in [1.807, 2.05) is 24.3 Å². The monoisotopic (exact) mass is 608 g/mol. The molecule has 220 valence electrons. The lowest BCUT2D eigenvalue weighted by Gasteiger charge is -2.32. The molecule has 11 heteroatoms. The Labute approximate surface area is 253 Å². The minimum atomic E-state index is -0.353. The molecule has 0 unspecified atom stereocenters. The second kappa shape index (κ2) is 12.5. The first-order valence-electron chi connectivity index (χ1n) is 14.2. The summed E-state index contributed by atoms with van der Waals surface area (Å²) in [5.41, 5.74) is 3.35. The lowest BCUT2D eigenvalue weighted by molar-refractivity contribution is -0.0592. The quantitative estimate of drug-likeness (QED) is 0.163. The third-order valence-corrected chi connectivity index (χ3v) is 9.66. The zero-order valence-corrected chi connectivity index (χ0v) is 25.2. The molecule has 0 radical (unpaired) electrons. The highest BCUT2D eigenvalue weighted by atomic mass is 35.5. The zero-order valence-electron chi connectivity index (χ0n) is 23.7. The number of methoxy groups -OCH3 is 1. The molecule has 9 nitrogen and oxygen atoms in total. The van der Waals surface area contributed by atoms with E-state index >= 15 is 0 Å². The lowest BCUT2D eigenvalue weighted by atomic mass is 9.93. The van der Waals surface area contributed by atoms with Crippen LogP contribution in [-0.4, -0.2) is 64.1 Å². The maximum absolute atomic E-state index is 12.2. The van der Waals surface area contributed by atoms with Gasteiger partial charge in [0.2, 0.25) is 5.88 Å². The van der Waals surface area contributed by atoms with E-state index in [9.17, 15) is 9.59 Å². The van der Waals surface area contributed by atoms with Crippen LogP contribution in [0.15, 0.2) is 42.5 Å². The van der Waals surface area contributed by atoms with Crippen LogP contribution >= 0.6 is 22.9 Å². The van der Waals surface area contributed by atoms with Gasteiger partial charge < -0.3 is 18.8 Å². The highest BCUT2D eigenvalue weighted by Crippen LogP contribution is 2.31. The van der Waals surface area contributed by atoms with Crippen LogP contribution in [0.2, 0.25) is 5.02 Å². The third-order valence-electron chi connectivity index (χ3n) is 8.00. The third kappa shape index (κ3) is 6.22. The van der Waals surface area contributed by atoms with Gasteiger partial charge in [-0.15, -0.1) is 11.3 Å². The maximum Gasteiger partial charge on any atom is 0.337 e. The van der Waals surface area contributed by atoms with Gasteiger partial charge in [0.05, 0.1) is 57.7 Å². The van der Waals surface area contributed by atoms with Gasteiger partial charge in [-0.1, -0.05) is 17.7 Å². The van der Waals surface area contributed by atoms with Gasteiger partial charge in [0, 0.05) is 24.3 Å². The fourth-order valence-electron chi connectivity index (χ4n) is 5.52. The predicted octanol–water partition coefficient (Wildman–Crippen LogP) is 5.88. The van der Waals surface area contributed by atoms with Crippen LogP contribution in [0.25, 0.3) is 11.0 Å². The van der Waals surface area contributed by atoms with Crippen molar-refractivity contribution in [2.45, 2.75) is 57.9 Å². The Morgan fingerprint density at radius 1 is 1.12 bits per heavy atom. The molecular weight excluding hydrogens is 576 g/mol. The lowest BCUT2D eigenvalue weighted by Crippen LogP contribution is -2.35. The summed E-state index contributed by atoms with van der Waals surface area (Å²) in [6.07, 6.45) is 3.15. The van der Waals surface area contributed by atoms with Gasteiger partial charge >= 0.3 is 5.97 Å². The van der Waals surface area contributed by atoms with E-state index in [0.29, 0.717) is 27.3 Å². The zero-order chi connectivity index (χ0) is 29.2. The summed E-state index contributed by atoms with van der Waals surface area (Å²) in [5.74, 6) is 1.52. The molecule has 0 bridgehead atoms. The first kappa shape index (κ1) is 28.8. The van der Waals surface area contributed by atoms with Crippen LogP contribution < -0.4 is 4.74 Å². The summed E-state index contributed by atoms with van der Waals surface area (Å²) in [6.45, 7) is 5.89. The Morgan fingerprint density at radius 3 is 2.62 bits per heavy atom. The molecule has 4 aromatic rings. The Kier molecular flexibility index (Phi) is 8.57. The largest absolute Gasteiger partial charge is 0.472 e. The number of hydrogen-bond acceptors (Lipinski definition) is 9. The van der Waals surface area contributed by atoms with Crippen molar-refractivity contribution in [2.75, 3.05) is 26.8 Å². The second-order valence-corrected chi connectivity index (χ2v) is 12.3. The number of aromatic nitrogens is 3. The molecule has 1 aromatic carbocycles. The molecule has 2 aliphatic heterocycles. The smallest absolute Gasteiger partial charge is 0.337 e. The van der Waals surface area contributed by atoms with Crippen LogP contribution in [0.1, 0.15) is 68.5 Å². The van der Waals surface area contributed by atoms with E-state index in [2.05, 4.69) is 15.5 Å². The number of benzene rings is 1. The Bertz CT molecular complexity index is 1610. The number of imidazole rings is 1. The molecule has 0 saturated carbocycles. The topological polar surface area (TPSA) is 95.8 Å². The number of ketones is 1. The molecule has 5 heterocycles. The summed E-state index contributed by atoms with van der Waals surface area (Å²) in [7, 11) is 1.40. The summed E-state index contributed by atoms with van der Waals surface area (Å²) in [4.78, 5) is 37.5. The number of likely N-dealkylation sites (tertiary alicyclic amines) is 1. The summed E-state index contributed by atoms with van der Waals surface area (Å²) < 4.78 is 18.8. The molecule has 2 fully saturated rings. The first-order valence-corrected chi connectivity index (χ1v) is 15.4. The average molecular weight is 609 g/mol. The molecule has 42 heavy (non-hydrogen) atoms. The SMILES string of the molecule is COC(=O)c1ccc2nc(CN3CCC(c4cccc(OCc5sc(C(C)=O)cc5Cl)n4)CC3)n(C[C@@H]3CCO3)c2c1. The molecule has 0 spiro atoms. The summed E-state index contributed by atoms with van der Waals surface area (Å²) in [5, 5.41) is 0.548. The molecule has 0 N–H and O–H groups in total. The van der Waals surface area contributed by atoms with Crippen LogP contribution in [0.5, 0.6) is 5.88 Å². The highest BCUT2D eigenvalue weighted by Gasteiger charge is 2.26. The molecule has 3 aromatic heterocycles. The van der Waals surface area contributed by atoms with Gasteiger partial charge in [-0.3, -0.25) is 9.69 Å². The number of pyridine rings is 1. The number of hydrogen-bond donors (Lipinski definition) is 0. The van der Waals surface area contributed by atoms with Crippen LogP contribution in [0.3, 0.4) is 0 Å². The molecule has 2 aliphatic rings. The molecule has 0 amide bonds. The van der Waals surface area contributed by atoms with Crippen molar-refractivity contribution in [3.05, 3.63) is 74.3 Å². The summed E-state index contributed by atoms with van der Waals surface area (Å²) >= 11 is 7.65.